The van der Waals surface area contributed by atoms with Crippen LogP contribution in [-0.4, -0.2) is 15.9 Å². The molecule has 1 aromatic heterocycles. The van der Waals surface area contributed by atoms with E-state index in [1.54, 1.807) is 0 Å². The van der Waals surface area contributed by atoms with Crippen molar-refractivity contribution in [1.29, 1.82) is 0 Å². The van der Waals surface area contributed by atoms with E-state index in [1.807, 2.05) is 0 Å². The molecule has 1 unspecified atom stereocenters. The standard InChI is InChI=1S/C13H10ClF2N3O/c1-7(12-8(15)3-2-4-9(12)16)18-13(20)10-5-17-6-11(14)19-10/h2-7H,1H3,(H,18,20). The fraction of sp³-hybridized carbons (Fsp3) is 0.154. The first kappa shape index (κ1) is 14.3. The summed E-state index contributed by atoms with van der Waals surface area (Å²) in [7, 11) is 0. The molecule has 2 rings (SSSR count). The minimum Gasteiger partial charge on any atom is -0.344 e. The topological polar surface area (TPSA) is 54.9 Å². The van der Waals surface area contributed by atoms with Gasteiger partial charge in [0.1, 0.15) is 22.5 Å². The lowest BCUT2D eigenvalue weighted by Crippen LogP contribution is -2.28. The molecule has 1 N–H and O–H groups in total. The molecule has 0 fully saturated rings. The van der Waals surface area contributed by atoms with Crippen LogP contribution < -0.4 is 5.32 Å². The van der Waals surface area contributed by atoms with E-state index in [0.29, 0.717) is 0 Å². The summed E-state index contributed by atoms with van der Waals surface area (Å²) in [5, 5.41) is 2.50. The molecule has 0 radical (unpaired) electrons. The zero-order chi connectivity index (χ0) is 14.7. The molecule has 20 heavy (non-hydrogen) atoms. The average Bonchev–Trinajstić information content (AvgIpc) is 2.38. The van der Waals surface area contributed by atoms with Crippen LogP contribution in [-0.2, 0) is 0 Å². The second-order valence-electron chi connectivity index (χ2n) is 4.06. The smallest absolute Gasteiger partial charge is 0.272 e. The fourth-order valence-corrected chi connectivity index (χ4v) is 1.87. The zero-order valence-corrected chi connectivity index (χ0v) is 11.2. The molecule has 0 saturated heterocycles. The Balaban J connectivity index is 2.20. The van der Waals surface area contributed by atoms with Gasteiger partial charge in [0.25, 0.3) is 5.91 Å². The minimum atomic E-state index is -0.857. The Kier molecular flexibility index (Phi) is 4.24. The van der Waals surface area contributed by atoms with Crippen LogP contribution in [0.2, 0.25) is 5.15 Å². The van der Waals surface area contributed by atoms with Gasteiger partial charge in [0.05, 0.1) is 18.4 Å². The number of carbonyl (C=O) groups is 1. The Morgan fingerprint density at radius 2 is 1.95 bits per heavy atom. The molecule has 2 aromatic rings. The first-order valence-corrected chi connectivity index (χ1v) is 6.09. The van der Waals surface area contributed by atoms with Crippen molar-refractivity contribution >= 4 is 17.5 Å². The van der Waals surface area contributed by atoms with E-state index in [-0.39, 0.29) is 16.4 Å². The summed E-state index contributed by atoms with van der Waals surface area (Å²) in [6.07, 6.45) is 2.49. The lowest BCUT2D eigenvalue weighted by molar-refractivity contribution is 0.0933. The van der Waals surface area contributed by atoms with E-state index >= 15 is 0 Å². The molecule has 1 atom stereocenters. The SMILES string of the molecule is CC(NC(=O)c1cncc(Cl)n1)c1c(F)cccc1F. The van der Waals surface area contributed by atoms with Gasteiger partial charge < -0.3 is 5.32 Å². The molecule has 0 aliphatic rings. The highest BCUT2D eigenvalue weighted by atomic mass is 35.5. The van der Waals surface area contributed by atoms with E-state index in [1.165, 1.54) is 25.4 Å². The van der Waals surface area contributed by atoms with Crippen LogP contribution in [0.1, 0.15) is 29.0 Å². The van der Waals surface area contributed by atoms with Crippen molar-refractivity contribution in [1.82, 2.24) is 15.3 Å². The molecule has 4 nitrogen and oxygen atoms in total. The van der Waals surface area contributed by atoms with Gasteiger partial charge in [-0.15, -0.1) is 0 Å². The van der Waals surface area contributed by atoms with E-state index in [9.17, 15) is 13.6 Å². The van der Waals surface area contributed by atoms with Crippen molar-refractivity contribution in [2.24, 2.45) is 0 Å². The van der Waals surface area contributed by atoms with Crippen LogP contribution in [0.25, 0.3) is 0 Å². The van der Waals surface area contributed by atoms with Gasteiger partial charge in [0.2, 0.25) is 0 Å². The van der Waals surface area contributed by atoms with Crippen LogP contribution in [0.3, 0.4) is 0 Å². The van der Waals surface area contributed by atoms with Crippen molar-refractivity contribution in [3.05, 3.63) is 58.6 Å². The monoisotopic (exact) mass is 297 g/mol. The number of aromatic nitrogens is 2. The van der Waals surface area contributed by atoms with E-state index in [2.05, 4.69) is 15.3 Å². The second kappa shape index (κ2) is 5.92. The maximum atomic E-state index is 13.6. The number of amides is 1. The number of hydrogen-bond donors (Lipinski definition) is 1. The predicted octanol–water partition coefficient (Wildman–Crippen LogP) is 2.90. The molecule has 0 bridgehead atoms. The number of benzene rings is 1. The first-order valence-electron chi connectivity index (χ1n) is 5.71. The van der Waals surface area contributed by atoms with Gasteiger partial charge in [-0.05, 0) is 19.1 Å². The number of carbonyl (C=O) groups excluding carboxylic acids is 1. The fourth-order valence-electron chi connectivity index (χ4n) is 1.72. The number of hydrogen-bond acceptors (Lipinski definition) is 3. The molecular weight excluding hydrogens is 288 g/mol. The second-order valence-corrected chi connectivity index (χ2v) is 4.44. The molecule has 7 heteroatoms. The van der Waals surface area contributed by atoms with E-state index in [4.69, 9.17) is 11.6 Å². The van der Waals surface area contributed by atoms with Crippen molar-refractivity contribution in [2.45, 2.75) is 13.0 Å². The number of rotatable bonds is 3. The molecular formula is C13H10ClF2N3O. The maximum absolute atomic E-state index is 13.6. The minimum absolute atomic E-state index is 0.0268. The van der Waals surface area contributed by atoms with E-state index in [0.717, 1.165) is 12.1 Å². The van der Waals surface area contributed by atoms with E-state index < -0.39 is 23.6 Å². The summed E-state index contributed by atoms with van der Waals surface area (Å²) in [5.74, 6) is -2.07. The van der Waals surface area contributed by atoms with Gasteiger partial charge in [-0.2, -0.15) is 0 Å². The highest BCUT2D eigenvalue weighted by Gasteiger charge is 2.19. The molecule has 0 aliphatic carbocycles. The molecule has 1 aromatic carbocycles. The third kappa shape index (κ3) is 3.08. The largest absolute Gasteiger partial charge is 0.344 e. The van der Waals surface area contributed by atoms with Gasteiger partial charge in [-0.3, -0.25) is 9.78 Å². The quantitative estimate of drug-likeness (QED) is 0.948. The molecule has 0 spiro atoms. The number of nitrogens with zero attached hydrogens (tertiary/aromatic N) is 2. The third-order valence-electron chi connectivity index (χ3n) is 2.62. The summed E-state index contributed by atoms with van der Waals surface area (Å²) in [4.78, 5) is 19.4. The number of nitrogens with one attached hydrogen (secondary N) is 1. The summed E-state index contributed by atoms with van der Waals surface area (Å²) in [6.45, 7) is 1.47. The molecule has 0 saturated carbocycles. The molecule has 104 valence electrons. The summed E-state index contributed by atoms with van der Waals surface area (Å²) in [5.41, 5.74) is -0.239. The molecule has 1 heterocycles. The van der Waals surface area contributed by atoms with Crippen LogP contribution >= 0.6 is 11.6 Å². The van der Waals surface area contributed by atoms with Crippen molar-refractivity contribution in [2.75, 3.05) is 0 Å². The Morgan fingerprint density at radius 3 is 2.55 bits per heavy atom. The lowest BCUT2D eigenvalue weighted by atomic mass is 10.1. The maximum Gasteiger partial charge on any atom is 0.272 e. The highest BCUT2D eigenvalue weighted by Crippen LogP contribution is 2.20. The lowest BCUT2D eigenvalue weighted by Gasteiger charge is -2.15. The average molecular weight is 298 g/mol. The van der Waals surface area contributed by atoms with Gasteiger partial charge in [-0.25, -0.2) is 13.8 Å². The van der Waals surface area contributed by atoms with Crippen molar-refractivity contribution in [3.8, 4) is 0 Å². The van der Waals surface area contributed by atoms with Gasteiger partial charge >= 0.3 is 0 Å². The Morgan fingerprint density at radius 1 is 1.30 bits per heavy atom. The number of halogens is 3. The zero-order valence-electron chi connectivity index (χ0n) is 10.4. The van der Waals surface area contributed by atoms with Crippen LogP contribution in [0.15, 0.2) is 30.6 Å². The van der Waals surface area contributed by atoms with Gasteiger partial charge in [-0.1, -0.05) is 17.7 Å². The highest BCUT2D eigenvalue weighted by molar-refractivity contribution is 6.29. The van der Waals surface area contributed by atoms with Crippen LogP contribution in [0, 0.1) is 11.6 Å². The molecule has 1 amide bonds. The normalized spacial score (nSPS) is 12.0. The summed E-state index contributed by atoms with van der Waals surface area (Å²) in [6, 6.07) is 2.65. The Labute approximate surface area is 118 Å². The predicted molar refractivity (Wildman–Crippen MR) is 69.3 cm³/mol. The van der Waals surface area contributed by atoms with Gasteiger partial charge in [0.15, 0.2) is 0 Å². The summed E-state index contributed by atoms with van der Waals surface area (Å²) < 4.78 is 27.2. The van der Waals surface area contributed by atoms with Crippen molar-refractivity contribution in [3.63, 3.8) is 0 Å². The van der Waals surface area contributed by atoms with Crippen molar-refractivity contribution < 1.29 is 13.6 Å². The Bertz CT molecular complexity index is 631. The molecule has 0 aliphatic heterocycles. The first-order chi connectivity index (χ1) is 9.49. The third-order valence-corrected chi connectivity index (χ3v) is 2.80. The van der Waals surface area contributed by atoms with Crippen LogP contribution in [0.4, 0.5) is 8.78 Å². The van der Waals surface area contributed by atoms with Crippen LogP contribution in [0.5, 0.6) is 0 Å². The van der Waals surface area contributed by atoms with Gasteiger partial charge in [0, 0.05) is 5.56 Å². The summed E-state index contributed by atoms with van der Waals surface area (Å²) >= 11 is 5.62. The Hall–Kier alpha value is -2.08.